The van der Waals surface area contributed by atoms with Crippen molar-refractivity contribution in [3.8, 4) is 0 Å². The first-order chi connectivity index (χ1) is 26.8. The van der Waals surface area contributed by atoms with Crippen LogP contribution in [0.5, 0.6) is 0 Å². The van der Waals surface area contributed by atoms with Gasteiger partial charge in [-0.1, -0.05) is 201 Å². The van der Waals surface area contributed by atoms with Crippen molar-refractivity contribution in [2.45, 2.75) is 193 Å². The molecule has 0 aromatic rings. The van der Waals surface area contributed by atoms with E-state index in [0.29, 0.717) is 12.8 Å². The van der Waals surface area contributed by atoms with Crippen molar-refractivity contribution >= 4 is 16.0 Å². The van der Waals surface area contributed by atoms with E-state index < -0.39 is 28.0 Å². The molecule has 0 aromatic carbocycles. The summed E-state index contributed by atoms with van der Waals surface area (Å²) in [4.78, 5) is 12.5. The standard InChI is InChI=1S/C48H81NO5S/c1-3-5-7-9-11-13-15-17-19-21-23-24-26-27-29-31-33-35-37-39-41-43-47(50)46(45-55(52,53)54)49-48(51)44-42-40-38-36-34-32-30-28-25-22-20-18-16-14-12-10-8-6-4-2/h6,8,12,14,18,20,25,28,32-35,38,40-41,43,46-47,50H,3-5,7,9-11,13,15-17,19,21-24,26-27,29-31,36-37,39,42,44-45H2,1-2H3,(H,49,51)(H,52,53,54)/b8-6-,14-12-,20-18-,28-25-,34-32-,35-33+,40-38-,43-41+. The lowest BCUT2D eigenvalue weighted by molar-refractivity contribution is -0.122. The largest absolute Gasteiger partial charge is 0.387 e. The lowest BCUT2D eigenvalue weighted by Gasteiger charge is -2.20. The Morgan fingerprint density at radius 1 is 0.509 bits per heavy atom. The van der Waals surface area contributed by atoms with E-state index in [1.807, 2.05) is 12.2 Å². The number of carbonyl (C=O) groups is 1. The molecule has 0 saturated carbocycles. The fraction of sp³-hybridized carbons (Fsp3) is 0.646. The molecule has 0 spiro atoms. The van der Waals surface area contributed by atoms with Gasteiger partial charge in [0.15, 0.2) is 0 Å². The predicted octanol–water partition coefficient (Wildman–Crippen LogP) is 13.4. The number of aliphatic hydroxyl groups is 1. The van der Waals surface area contributed by atoms with Gasteiger partial charge < -0.3 is 10.4 Å². The summed E-state index contributed by atoms with van der Waals surface area (Å²) >= 11 is 0. The Morgan fingerprint density at radius 2 is 0.891 bits per heavy atom. The molecule has 0 aliphatic rings. The molecule has 0 fully saturated rings. The number of rotatable bonds is 38. The van der Waals surface area contributed by atoms with Crippen molar-refractivity contribution in [2.24, 2.45) is 0 Å². The van der Waals surface area contributed by atoms with E-state index in [1.54, 1.807) is 6.08 Å². The van der Waals surface area contributed by atoms with Crippen LogP contribution < -0.4 is 5.32 Å². The first kappa shape index (κ1) is 52.3. The number of carbonyl (C=O) groups excluding carboxylic acids is 1. The molecule has 0 aliphatic heterocycles. The van der Waals surface area contributed by atoms with E-state index in [1.165, 1.54) is 102 Å². The van der Waals surface area contributed by atoms with Gasteiger partial charge in [-0.15, -0.1) is 0 Å². The Kier molecular flexibility index (Phi) is 38.9. The molecule has 0 aliphatic carbocycles. The molecule has 6 nitrogen and oxygen atoms in total. The Hall–Kier alpha value is -2.74. The van der Waals surface area contributed by atoms with Crippen LogP contribution in [-0.4, -0.2) is 41.9 Å². The molecule has 314 valence electrons. The number of unbranched alkanes of at least 4 members (excludes halogenated alkanes) is 16. The second kappa shape index (κ2) is 40.9. The minimum Gasteiger partial charge on any atom is -0.387 e. The van der Waals surface area contributed by atoms with E-state index >= 15 is 0 Å². The number of allylic oxidation sites excluding steroid dienone is 15. The van der Waals surface area contributed by atoms with Crippen LogP contribution in [0.3, 0.4) is 0 Å². The zero-order chi connectivity index (χ0) is 40.3. The predicted molar refractivity (Wildman–Crippen MR) is 239 cm³/mol. The Bertz CT molecular complexity index is 1220. The molecule has 1 amide bonds. The van der Waals surface area contributed by atoms with Gasteiger partial charge in [-0.2, -0.15) is 8.42 Å². The Morgan fingerprint density at radius 3 is 1.35 bits per heavy atom. The average Bonchev–Trinajstić information content (AvgIpc) is 3.15. The second-order valence-electron chi connectivity index (χ2n) is 14.6. The van der Waals surface area contributed by atoms with Crippen molar-refractivity contribution in [1.29, 1.82) is 0 Å². The molecule has 7 heteroatoms. The summed E-state index contributed by atoms with van der Waals surface area (Å²) in [5.74, 6) is -1.12. The molecule has 0 rings (SSSR count). The highest BCUT2D eigenvalue weighted by molar-refractivity contribution is 7.85. The third-order valence-corrected chi connectivity index (χ3v) is 10.0. The van der Waals surface area contributed by atoms with Gasteiger partial charge in [-0.05, 0) is 70.6 Å². The maximum atomic E-state index is 12.5. The molecule has 0 radical (unpaired) electrons. The summed E-state index contributed by atoms with van der Waals surface area (Å²) < 4.78 is 32.5. The third-order valence-electron chi connectivity index (χ3n) is 9.26. The molecular formula is C48H81NO5S. The molecule has 55 heavy (non-hydrogen) atoms. The van der Waals surface area contributed by atoms with Crippen molar-refractivity contribution in [2.75, 3.05) is 5.75 Å². The average molecular weight is 784 g/mol. The summed E-state index contributed by atoms with van der Waals surface area (Å²) in [5, 5.41) is 13.2. The summed E-state index contributed by atoms with van der Waals surface area (Å²) in [6.45, 7) is 4.41. The molecule has 0 bridgehead atoms. The normalized spacial score (nSPS) is 14.2. The lowest BCUT2D eigenvalue weighted by Crippen LogP contribution is -2.46. The quantitative estimate of drug-likeness (QED) is 0.0329. The van der Waals surface area contributed by atoms with Gasteiger partial charge in [0.05, 0.1) is 17.9 Å². The van der Waals surface area contributed by atoms with Gasteiger partial charge in [0, 0.05) is 6.42 Å². The highest BCUT2D eigenvalue weighted by Gasteiger charge is 2.24. The van der Waals surface area contributed by atoms with Gasteiger partial charge in [0.2, 0.25) is 5.91 Å². The van der Waals surface area contributed by atoms with Gasteiger partial charge in [0.1, 0.15) is 0 Å². The second-order valence-corrected chi connectivity index (χ2v) is 16.1. The smallest absolute Gasteiger partial charge is 0.267 e. The van der Waals surface area contributed by atoms with Crippen LogP contribution in [0.25, 0.3) is 0 Å². The van der Waals surface area contributed by atoms with E-state index in [2.05, 4.69) is 92.1 Å². The van der Waals surface area contributed by atoms with Crippen LogP contribution in [0.1, 0.15) is 181 Å². The molecule has 3 N–H and O–H groups in total. The SMILES string of the molecule is CC/C=C\C/C=C\C/C=C\C/C=C\C/C=C\C/C=C\CCC(=O)NC(CS(=O)(=O)O)C(O)/C=C/CC/C=C/CCCCCCCCCCCCCCCCC. The van der Waals surface area contributed by atoms with Crippen LogP contribution in [0, 0.1) is 0 Å². The van der Waals surface area contributed by atoms with E-state index in [4.69, 9.17) is 0 Å². The number of hydrogen-bond acceptors (Lipinski definition) is 4. The van der Waals surface area contributed by atoms with Crippen LogP contribution in [-0.2, 0) is 14.9 Å². The molecule has 0 aromatic heterocycles. The fourth-order valence-corrected chi connectivity index (χ4v) is 6.75. The lowest BCUT2D eigenvalue weighted by atomic mass is 10.0. The van der Waals surface area contributed by atoms with Crippen LogP contribution in [0.4, 0.5) is 0 Å². The summed E-state index contributed by atoms with van der Waals surface area (Å²) in [5.41, 5.74) is 0. The van der Waals surface area contributed by atoms with Crippen molar-refractivity contribution in [1.82, 2.24) is 5.32 Å². The van der Waals surface area contributed by atoms with Crippen molar-refractivity contribution in [3.05, 3.63) is 97.2 Å². The Labute approximate surface area is 339 Å². The van der Waals surface area contributed by atoms with Crippen LogP contribution >= 0.6 is 0 Å². The topological polar surface area (TPSA) is 104 Å². The van der Waals surface area contributed by atoms with Gasteiger partial charge in [-0.25, -0.2) is 0 Å². The number of hydrogen-bond donors (Lipinski definition) is 3. The monoisotopic (exact) mass is 784 g/mol. The molecule has 2 unspecified atom stereocenters. The van der Waals surface area contributed by atoms with Crippen molar-refractivity contribution < 1.29 is 22.9 Å². The number of nitrogens with one attached hydrogen (secondary N) is 1. The maximum Gasteiger partial charge on any atom is 0.267 e. The fourth-order valence-electron chi connectivity index (χ4n) is 6.02. The van der Waals surface area contributed by atoms with E-state index in [0.717, 1.165) is 51.4 Å². The van der Waals surface area contributed by atoms with Gasteiger partial charge >= 0.3 is 0 Å². The minimum absolute atomic E-state index is 0.157. The molecule has 0 heterocycles. The van der Waals surface area contributed by atoms with Gasteiger partial charge in [0.25, 0.3) is 10.1 Å². The first-order valence-corrected chi connectivity index (χ1v) is 23.5. The zero-order valence-corrected chi connectivity index (χ0v) is 35.8. The van der Waals surface area contributed by atoms with E-state index in [9.17, 15) is 22.9 Å². The molecule has 2 atom stereocenters. The highest BCUT2D eigenvalue weighted by Crippen LogP contribution is 2.14. The highest BCUT2D eigenvalue weighted by atomic mass is 32.2. The summed E-state index contributed by atoms with van der Waals surface area (Å²) in [6, 6.07) is -1.12. The van der Waals surface area contributed by atoms with Crippen LogP contribution in [0.2, 0.25) is 0 Å². The maximum absolute atomic E-state index is 12.5. The minimum atomic E-state index is -4.39. The number of amides is 1. The molecular weight excluding hydrogens is 703 g/mol. The number of aliphatic hydroxyl groups excluding tert-OH is 1. The van der Waals surface area contributed by atoms with Crippen LogP contribution in [0.15, 0.2) is 97.2 Å². The summed E-state index contributed by atoms with van der Waals surface area (Å²) in [6.07, 6.45) is 61.3. The summed E-state index contributed by atoms with van der Waals surface area (Å²) in [7, 11) is -4.39. The van der Waals surface area contributed by atoms with Gasteiger partial charge in [-0.3, -0.25) is 9.35 Å². The first-order valence-electron chi connectivity index (χ1n) is 21.9. The van der Waals surface area contributed by atoms with E-state index in [-0.39, 0.29) is 12.3 Å². The Balaban J connectivity index is 4.08. The zero-order valence-electron chi connectivity index (χ0n) is 35.0. The van der Waals surface area contributed by atoms with Crippen molar-refractivity contribution in [3.63, 3.8) is 0 Å². The molecule has 0 saturated heterocycles. The third kappa shape index (κ3) is 42.2.